The van der Waals surface area contributed by atoms with Gasteiger partial charge in [0, 0.05) is 17.5 Å². The Balaban J connectivity index is 2.71. The minimum absolute atomic E-state index is 0.0122. The van der Waals surface area contributed by atoms with Crippen molar-refractivity contribution >= 4 is 33.0 Å². The van der Waals surface area contributed by atoms with Crippen LogP contribution in [-0.2, 0) is 4.79 Å². The number of ketones is 1. The normalized spacial score (nSPS) is 12.6. The van der Waals surface area contributed by atoms with Crippen LogP contribution >= 0.6 is 11.3 Å². The van der Waals surface area contributed by atoms with Crippen LogP contribution in [0.5, 0.6) is 0 Å². The van der Waals surface area contributed by atoms with Crippen LogP contribution in [0.4, 0.5) is 5.69 Å². The Kier molecular flexibility index (Phi) is 3.61. The maximum atomic E-state index is 11.7. The number of aromatic nitrogens is 1. The Bertz CT molecular complexity index is 663. The van der Waals surface area contributed by atoms with Gasteiger partial charge in [-0.1, -0.05) is 6.92 Å². The van der Waals surface area contributed by atoms with E-state index in [1.54, 1.807) is 6.07 Å². The van der Waals surface area contributed by atoms with E-state index < -0.39 is 10.8 Å². The van der Waals surface area contributed by atoms with Crippen molar-refractivity contribution in [1.29, 1.82) is 0 Å². The average molecular weight is 278 g/mol. The lowest BCUT2D eigenvalue weighted by Gasteiger charge is -2.11. The zero-order chi connectivity index (χ0) is 14.2. The van der Waals surface area contributed by atoms with Crippen molar-refractivity contribution in [3.05, 3.63) is 32.8 Å². The molecule has 0 aliphatic rings. The second kappa shape index (κ2) is 5.05. The number of carbonyl (C=O) groups is 1. The predicted octanol–water partition coefficient (Wildman–Crippen LogP) is 3.60. The predicted molar refractivity (Wildman–Crippen MR) is 74.7 cm³/mol. The van der Waals surface area contributed by atoms with Gasteiger partial charge in [-0.2, -0.15) is 0 Å². The van der Waals surface area contributed by atoms with Crippen molar-refractivity contribution in [1.82, 2.24) is 4.98 Å². The van der Waals surface area contributed by atoms with Gasteiger partial charge in [-0.25, -0.2) is 4.98 Å². The van der Waals surface area contributed by atoms with E-state index in [-0.39, 0.29) is 11.5 Å². The summed E-state index contributed by atoms with van der Waals surface area (Å²) in [6.07, 6.45) is 0.546. The van der Waals surface area contributed by atoms with Crippen LogP contribution in [0.2, 0.25) is 0 Å². The molecule has 0 saturated carbocycles. The maximum absolute atomic E-state index is 11.7. The highest BCUT2D eigenvalue weighted by Crippen LogP contribution is 2.35. The number of carbonyl (C=O) groups excluding carboxylic acids is 1. The number of Topliss-reactive ketones (excluding diaryl/α,β-unsaturated/α-hetero) is 1. The van der Waals surface area contributed by atoms with Crippen molar-refractivity contribution in [2.45, 2.75) is 33.1 Å². The number of thiazole rings is 1. The number of hydrogen-bond donors (Lipinski definition) is 0. The molecule has 1 aromatic heterocycles. The summed E-state index contributed by atoms with van der Waals surface area (Å²) < 4.78 is 0.784. The molecule has 0 spiro atoms. The largest absolute Gasteiger partial charge is 0.299 e. The zero-order valence-electron chi connectivity index (χ0n) is 11.0. The highest BCUT2D eigenvalue weighted by Gasteiger charge is 2.25. The molecule has 1 aromatic carbocycles. The highest BCUT2D eigenvalue weighted by molar-refractivity contribution is 7.18. The van der Waals surface area contributed by atoms with Crippen molar-refractivity contribution in [3.8, 4) is 0 Å². The number of nitro benzene ring substituents is 1. The summed E-state index contributed by atoms with van der Waals surface area (Å²) >= 11 is 1.42. The van der Waals surface area contributed by atoms with E-state index in [0.29, 0.717) is 12.0 Å². The van der Waals surface area contributed by atoms with Crippen molar-refractivity contribution in [2.75, 3.05) is 0 Å². The quantitative estimate of drug-likeness (QED) is 0.632. The van der Waals surface area contributed by atoms with E-state index >= 15 is 0 Å². The molecule has 0 amide bonds. The lowest BCUT2D eigenvalue weighted by atomic mass is 9.91. The molecule has 0 aliphatic carbocycles. The van der Waals surface area contributed by atoms with E-state index in [9.17, 15) is 14.9 Å². The number of aryl methyl sites for hydroxylation is 1. The molecule has 100 valence electrons. The molecule has 0 saturated heterocycles. The number of hydrogen-bond acceptors (Lipinski definition) is 5. The Labute approximate surface area is 114 Å². The van der Waals surface area contributed by atoms with Crippen LogP contribution in [0, 0.1) is 17.0 Å². The Morgan fingerprint density at radius 3 is 2.74 bits per heavy atom. The fourth-order valence-electron chi connectivity index (χ4n) is 2.26. The van der Waals surface area contributed by atoms with Crippen LogP contribution in [0.1, 0.15) is 36.8 Å². The van der Waals surface area contributed by atoms with Crippen molar-refractivity contribution in [2.24, 2.45) is 0 Å². The first kappa shape index (κ1) is 13.6. The van der Waals surface area contributed by atoms with E-state index in [0.717, 1.165) is 15.2 Å². The number of benzene rings is 1. The molecular formula is C13H14N2O3S. The van der Waals surface area contributed by atoms with E-state index in [4.69, 9.17) is 0 Å². The third-order valence-electron chi connectivity index (χ3n) is 3.11. The molecule has 0 aliphatic heterocycles. The summed E-state index contributed by atoms with van der Waals surface area (Å²) in [5, 5.41) is 12.1. The van der Waals surface area contributed by atoms with Gasteiger partial charge in [0.1, 0.15) is 5.78 Å². The van der Waals surface area contributed by atoms with Crippen molar-refractivity contribution < 1.29 is 9.72 Å². The summed E-state index contributed by atoms with van der Waals surface area (Å²) in [4.78, 5) is 26.8. The number of nitrogens with zero attached hydrogens (tertiary/aromatic N) is 2. The third kappa shape index (κ3) is 2.49. The van der Waals surface area contributed by atoms with Gasteiger partial charge in [-0.05, 0) is 26.3 Å². The second-order valence-corrected chi connectivity index (χ2v) is 5.67. The molecule has 2 aromatic rings. The van der Waals surface area contributed by atoms with Gasteiger partial charge in [-0.3, -0.25) is 14.9 Å². The topological polar surface area (TPSA) is 73.1 Å². The van der Waals surface area contributed by atoms with Crippen LogP contribution in [0.15, 0.2) is 12.1 Å². The highest BCUT2D eigenvalue weighted by atomic mass is 32.1. The summed E-state index contributed by atoms with van der Waals surface area (Å²) in [5.41, 5.74) is 1.21. The molecule has 0 fully saturated rings. The zero-order valence-corrected chi connectivity index (χ0v) is 11.8. The number of rotatable bonds is 4. The lowest BCUT2D eigenvalue weighted by molar-refractivity contribution is -0.385. The average Bonchev–Trinajstić information content (AvgIpc) is 2.67. The third-order valence-corrected chi connectivity index (χ3v) is 4.05. The molecule has 1 atom stereocenters. The molecule has 0 radical (unpaired) electrons. The molecule has 0 N–H and O–H groups in total. The summed E-state index contributed by atoms with van der Waals surface area (Å²) in [6, 6.07) is 3.22. The first-order chi connectivity index (χ1) is 8.93. The Hall–Kier alpha value is -1.82. The molecule has 6 heteroatoms. The fourth-order valence-corrected chi connectivity index (χ4v) is 3.10. The molecule has 5 nitrogen and oxygen atoms in total. The monoisotopic (exact) mass is 278 g/mol. The smallest absolute Gasteiger partial charge is 0.274 e. The van der Waals surface area contributed by atoms with E-state index in [2.05, 4.69) is 4.98 Å². The van der Waals surface area contributed by atoms with Gasteiger partial charge in [-0.15, -0.1) is 11.3 Å². The van der Waals surface area contributed by atoms with Gasteiger partial charge < -0.3 is 0 Å². The van der Waals surface area contributed by atoms with Gasteiger partial charge >= 0.3 is 0 Å². The number of nitro groups is 1. The minimum atomic E-state index is -0.438. The second-order valence-electron chi connectivity index (χ2n) is 4.44. The molecule has 2 rings (SSSR count). The molecule has 19 heavy (non-hydrogen) atoms. The molecule has 0 bridgehead atoms. The SMILES string of the molecule is CCC(C(C)=O)c1cc2nc(C)sc2cc1[N+](=O)[O-]. The number of fused-ring (bicyclic) bond motifs is 1. The summed E-state index contributed by atoms with van der Waals surface area (Å²) in [7, 11) is 0. The molecule has 1 unspecified atom stereocenters. The Morgan fingerprint density at radius 1 is 1.53 bits per heavy atom. The van der Waals surface area contributed by atoms with E-state index in [1.807, 2.05) is 13.8 Å². The van der Waals surface area contributed by atoms with E-state index in [1.165, 1.54) is 24.3 Å². The summed E-state index contributed by atoms with van der Waals surface area (Å²) in [6.45, 7) is 5.18. The van der Waals surface area contributed by atoms with Crippen LogP contribution in [0.25, 0.3) is 10.2 Å². The van der Waals surface area contributed by atoms with Gasteiger partial charge in [0.2, 0.25) is 0 Å². The minimum Gasteiger partial charge on any atom is -0.299 e. The van der Waals surface area contributed by atoms with Gasteiger partial charge in [0.05, 0.1) is 20.1 Å². The molecular weight excluding hydrogens is 264 g/mol. The van der Waals surface area contributed by atoms with Crippen LogP contribution < -0.4 is 0 Å². The lowest BCUT2D eigenvalue weighted by Crippen LogP contribution is -2.10. The van der Waals surface area contributed by atoms with Gasteiger partial charge in [0.25, 0.3) is 5.69 Å². The molecule has 1 heterocycles. The first-order valence-corrected chi connectivity index (χ1v) is 6.81. The standard InChI is InChI=1S/C13H14N2O3S/c1-4-9(7(2)16)10-5-11-13(19-8(3)14-11)6-12(10)15(17)18/h5-6,9H,4H2,1-3H3. The van der Waals surface area contributed by atoms with Gasteiger partial charge in [0.15, 0.2) is 0 Å². The van der Waals surface area contributed by atoms with Crippen LogP contribution in [0.3, 0.4) is 0 Å². The van der Waals surface area contributed by atoms with Crippen LogP contribution in [-0.4, -0.2) is 15.7 Å². The maximum Gasteiger partial charge on any atom is 0.274 e. The first-order valence-electron chi connectivity index (χ1n) is 6.00. The van der Waals surface area contributed by atoms with Crippen molar-refractivity contribution in [3.63, 3.8) is 0 Å². The fraction of sp³-hybridized carbons (Fsp3) is 0.385. The Morgan fingerprint density at radius 2 is 2.21 bits per heavy atom. The summed E-state index contributed by atoms with van der Waals surface area (Å²) in [5.74, 6) is -0.497.